The van der Waals surface area contributed by atoms with Gasteiger partial charge in [0.05, 0.1) is 17.2 Å². The maximum absolute atomic E-state index is 13.0. The molecule has 7 heteroatoms. The summed E-state index contributed by atoms with van der Waals surface area (Å²) in [6, 6.07) is 6.64. The molecule has 0 radical (unpaired) electrons. The predicted octanol–water partition coefficient (Wildman–Crippen LogP) is 3.13. The molecule has 1 aromatic heterocycles. The Kier molecular flexibility index (Phi) is 8.67. The number of aryl methyl sites for hydroxylation is 2. The van der Waals surface area contributed by atoms with Crippen LogP contribution in [0, 0.1) is 19.7 Å². The molecule has 2 aromatic rings. The Bertz CT molecular complexity index is 707. The van der Waals surface area contributed by atoms with Crippen molar-refractivity contribution in [3.8, 4) is 0 Å². The molecule has 0 aliphatic carbocycles. The molecule has 0 spiro atoms. The highest BCUT2D eigenvalue weighted by Crippen LogP contribution is 2.16. The smallest absolute Gasteiger partial charge is 0.191 e. The lowest BCUT2D eigenvalue weighted by Gasteiger charge is -2.16. The fourth-order valence-corrected chi connectivity index (χ4v) is 3.52. The van der Waals surface area contributed by atoms with Crippen molar-refractivity contribution >= 4 is 17.3 Å². The molecule has 0 atom stereocenters. The van der Waals surface area contributed by atoms with Crippen molar-refractivity contribution in [2.75, 3.05) is 33.2 Å². The molecule has 0 fully saturated rings. The summed E-state index contributed by atoms with van der Waals surface area (Å²) in [5.74, 6) is 0.633. The van der Waals surface area contributed by atoms with E-state index in [9.17, 15) is 4.39 Å². The van der Waals surface area contributed by atoms with Gasteiger partial charge in [-0.2, -0.15) is 0 Å². The fourth-order valence-electron chi connectivity index (χ4n) is 2.59. The lowest BCUT2D eigenvalue weighted by Crippen LogP contribution is -2.38. The normalized spacial score (nSPS) is 11.9. The van der Waals surface area contributed by atoms with Gasteiger partial charge in [0.1, 0.15) is 5.82 Å². The minimum Gasteiger partial charge on any atom is -0.357 e. The van der Waals surface area contributed by atoms with E-state index >= 15 is 0 Å². The molecule has 0 aliphatic rings. The van der Waals surface area contributed by atoms with Crippen molar-refractivity contribution in [3.63, 3.8) is 0 Å². The van der Waals surface area contributed by atoms with E-state index in [2.05, 4.69) is 46.3 Å². The molecular weight excluding hydrogens is 361 g/mol. The molecule has 0 aliphatic heterocycles. The highest BCUT2D eigenvalue weighted by atomic mass is 32.1. The van der Waals surface area contributed by atoms with Crippen molar-refractivity contribution < 1.29 is 4.39 Å². The molecule has 1 heterocycles. The third-order valence-electron chi connectivity index (χ3n) is 4.17. The van der Waals surface area contributed by atoms with Gasteiger partial charge in [-0.1, -0.05) is 12.1 Å². The number of aromatic nitrogens is 1. The van der Waals surface area contributed by atoms with E-state index in [1.54, 1.807) is 11.3 Å². The molecule has 27 heavy (non-hydrogen) atoms. The summed E-state index contributed by atoms with van der Waals surface area (Å²) in [4.78, 5) is 12.7. The summed E-state index contributed by atoms with van der Waals surface area (Å²) in [5.41, 5.74) is 2.22. The van der Waals surface area contributed by atoms with Gasteiger partial charge in [0.2, 0.25) is 0 Å². The van der Waals surface area contributed by atoms with Gasteiger partial charge in [0.15, 0.2) is 5.96 Å². The number of hydrogen-bond acceptors (Lipinski definition) is 4. The fraction of sp³-hybridized carbons (Fsp3) is 0.500. The van der Waals surface area contributed by atoms with Gasteiger partial charge in [-0.15, -0.1) is 11.3 Å². The molecule has 0 saturated heterocycles. The molecule has 5 nitrogen and oxygen atoms in total. The number of benzene rings is 1. The second kappa shape index (κ2) is 11.0. The van der Waals surface area contributed by atoms with E-state index in [4.69, 9.17) is 0 Å². The Labute approximate surface area is 165 Å². The van der Waals surface area contributed by atoms with Crippen LogP contribution in [0.25, 0.3) is 0 Å². The Hall–Kier alpha value is -1.99. The summed E-state index contributed by atoms with van der Waals surface area (Å²) >= 11 is 1.76. The van der Waals surface area contributed by atoms with E-state index in [-0.39, 0.29) is 5.82 Å². The van der Waals surface area contributed by atoms with Crippen molar-refractivity contribution in [3.05, 3.63) is 51.2 Å². The van der Waals surface area contributed by atoms with Crippen molar-refractivity contribution in [2.45, 2.75) is 33.7 Å². The van der Waals surface area contributed by atoms with Gasteiger partial charge in [-0.05, 0) is 45.5 Å². The Morgan fingerprint density at radius 3 is 2.59 bits per heavy atom. The van der Waals surface area contributed by atoms with Crippen molar-refractivity contribution in [1.29, 1.82) is 0 Å². The predicted molar refractivity (Wildman–Crippen MR) is 112 cm³/mol. The number of nitrogens with one attached hydrogen (secondary N) is 2. The zero-order valence-corrected chi connectivity index (χ0v) is 17.5. The van der Waals surface area contributed by atoms with E-state index in [1.165, 1.54) is 17.0 Å². The van der Waals surface area contributed by atoms with Crippen molar-refractivity contribution in [2.24, 2.45) is 4.99 Å². The number of rotatable bonds is 9. The first-order valence-corrected chi connectivity index (χ1v) is 10.2. The maximum atomic E-state index is 13.0. The molecule has 148 valence electrons. The summed E-state index contributed by atoms with van der Waals surface area (Å²) in [5, 5.41) is 7.81. The second-order valence-corrected chi connectivity index (χ2v) is 7.84. The monoisotopic (exact) mass is 391 g/mol. The van der Waals surface area contributed by atoms with Crippen LogP contribution in [0.1, 0.15) is 28.1 Å². The standard InChI is InChI=1S/C20H30FN5S/c1-5-22-20(23-11-10-19-25-15(2)16(3)27-19)24-12-13-26(4)14-17-6-8-18(21)9-7-17/h6-9H,5,10-14H2,1-4H3,(H2,22,23,24). The third-order valence-corrected chi connectivity index (χ3v) is 5.30. The van der Waals surface area contributed by atoms with Crippen LogP contribution in [0.15, 0.2) is 29.3 Å². The minimum absolute atomic E-state index is 0.199. The van der Waals surface area contributed by atoms with E-state index in [1.807, 2.05) is 19.2 Å². The Morgan fingerprint density at radius 1 is 1.22 bits per heavy atom. The average Bonchev–Trinajstić information content (AvgIpc) is 2.95. The zero-order chi connectivity index (χ0) is 19.6. The second-order valence-electron chi connectivity index (χ2n) is 6.55. The van der Waals surface area contributed by atoms with Crippen LogP contribution in [0.5, 0.6) is 0 Å². The summed E-state index contributed by atoms with van der Waals surface area (Å²) in [7, 11) is 2.05. The lowest BCUT2D eigenvalue weighted by molar-refractivity contribution is 0.336. The summed E-state index contributed by atoms with van der Waals surface area (Å²) in [6.07, 6.45) is 0.897. The topological polar surface area (TPSA) is 52.6 Å². The number of nitrogens with zero attached hydrogens (tertiary/aromatic N) is 3. The molecule has 1 aromatic carbocycles. The van der Waals surface area contributed by atoms with Gasteiger partial charge >= 0.3 is 0 Å². The van der Waals surface area contributed by atoms with Gasteiger partial charge in [-0.3, -0.25) is 4.99 Å². The van der Waals surface area contributed by atoms with Crippen LogP contribution in [0.2, 0.25) is 0 Å². The number of likely N-dealkylation sites (N-methyl/N-ethyl adjacent to an activating group) is 1. The van der Waals surface area contributed by atoms with Crippen LogP contribution in [-0.4, -0.2) is 49.1 Å². The lowest BCUT2D eigenvalue weighted by atomic mass is 10.2. The molecule has 0 amide bonds. The molecular formula is C20H30FN5S. The maximum Gasteiger partial charge on any atom is 0.191 e. The van der Waals surface area contributed by atoms with Gasteiger partial charge in [0, 0.05) is 37.5 Å². The van der Waals surface area contributed by atoms with Crippen LogP contribution in [0.3, 0.4) is 0 Å². The minimum atomic E-state index is -0.199. The average molecular weight is 392 g/mol. The van der Waals surface area contributed by atoms with Gasteiger partial charge in [-0.25, -0.2) is 9.37 Å². The van der Waals surface area contributed by atoms with Crippen molar-refractivity contribution in [1.82, 2.24) is 20.5 Å². The molecule has 2 N–H and O–H groups in total. The molecule has 0 saturated carbocycles. The number of hydrogen-bond donors (Lipinski definition) is 2. The number of aliphatic imine (C=N–C) groups is 1. The first-order valence-electron chi connectivity index (χ1n) is 9.36. The van der Waals surface area contributed by atoms with E-state index < -0.39 is 0 Å². The van der Waals surface area contributed by atoms with Crippen LogP contribution < -0.4 is 10.6 Å². The molecule has 0 bridgehead atoms. The van der Waals surface area contributed by atoms with Crippen LogP contribution in [0.4, 0.5) is 4.39 Å². The van der Waals surface area contributed by atoms with Crippen LogP contribution >= 0.6 is 11.3 Å². The highest BCUT2D eigenvalue weighted by Gasteiger charge is 2.05. The van der Waals surface area contributed by atoms with E-state index in [0.29, 0.717) is 6.54 Å². The van der Waals surface area contributed by atoms with Gasteiger partial charge < -0.3 is 15.5 Å². The Morgan fingerprint density at radius 2 is 1.96 bits per heavy atom. The molecule has 0 unspecified atom stereocenters. The number of halogens is 1. The number of guanidine groups is 1. The van der Waals surface area contributed by atoms with E-state index in [0.717, 1.165) is 54.8 Å². The quantitative estimate of drug-likeness (QED) is 0.509. The SMILES string of the molecule is CCNC(=NCCN(C)Cc1ccc(F)cc1)NCCc1nc(C)c(C)s1. The largest absolute Gasteiger partial charge is 0.357 e. The summed E-state index contributed by atoms with van der Waals surface area (Å²) < 4.78 is 13.0. The summed E-state index contributed by atoms with van der Waals surface area (Å²) in [6.45, 7) is 10.2. The Balaban J connectivity index is 1.75. The first kappa shape index (κ1) is 21.3. The highest BCUT2D eigenvalue weighted by molar-refractivity contribution is 7.11. The van der Waals surface area contributed by atoms with Crippen LogP contribution in [-0.2, 0) is 13.0 Å². The number of thiazole rings is 1. The molecule has 2 rings (SSSR count). The first-order chi connectivity index (χ1) is 13.0. The zero-order valence-electron chi connectivity index (χ0n) is 16.7. The van der Waals surface area contributed by atoms with Gasteiger partial charge in [0.25, 0.3) is 0 Å². The third kappa shape index (κ3) is 7.64.